The summed E-state index contributed by atoms with van der Waals surface area (Å²) < 4.78 is 0. The number of carbonyl (C=O) groups excluding carboxylic acids is 1. The fourth-order valence-corrected chi connectivity index (χ4v) is 3.74. The van der Waals surface area contributed by atoms with E-state index < -0.39 is 5.91 Å². The Morgan fingerprint density at radius 2 is 1.74 bits per heavy atom. The molecule has 1 saturated heterocycles. The summed E-state index contributed by atoms with van der Waals surface area (Å²) in [6, 6.07) is 9.84. The summed E-state index contributed by atoms with van der Waals surface area (Å²) in [4.78, 5) is 39.5. The zero-order valence-electron chi connectivity index (χ0n) is 20.0. The number of nitrogens with one attached hydrogen (secondary N) is 3. The second kappa shape index (κ2) is 11.2. The molecule has 0 saturated carbocycles. The number of halogens is 1. The zero-order chi connectivity index (χ0) is 24.8. The third-order valence-corrected chi connectivity index (χ3v) is 5.86. The predicted octanol–water partition coefficient (Wildman–Crippen LogP) is 2.34. The minimum absolute atomic E-state index is 0.0439. The summed E-state index contributed by atoms with van der Waals surface area (Å²) in [5.74, 6) is 1.64. The molecule has 0 aliphatic carbocycles. The van der Waals surface area contributed by atoms with Crippen LogP contribution in [-0.4, -0.2) is 76.0 Å². The largest absolute Gasteiger partial charge is 0.363 e. The van der Waals surface area contributed by atoms with Gasteiger partial charge < -0.3 is 25.8 Å². The van der Waals surface area contributed by atoms with Crippen molar-refractivity contribution < 1.29 is 4.79 Å². The molecule has 1 aromatic carbocycles. The highest BCUT2D eigenvalue weighted by molar-refractivity contribution is 6.32. The van der Waals surface area contributed by atoms with Crippen molar-refractivity contribution in [1.82, 2.24) is 35.1 Å². The van der Waals surface area contributed by atoms with Crippen molar-refractivity contribution in [1.29, 1.82) is 0 Å². The van der Waals surface area contributed by atoms with E-state index in [-0.39, 0.29) is 16.7 Å². The van der Waals surface area contributed by atoms with Gasteiger partial charge in [0.2, 0.25) is 11.9 Å². The molecule has 184 valence electrons. The lowest BCUT2D eigenvalue weighted by Crippen LogP contribution is -2.45. The van der Waals surface area contributed by atoms with Crippen LogP contribution in [0.5, 0.6) is 0 Å². The van der Waals surface area contributed by atoms with Gasteiger partial charge in [-0.25, -0.2) is 9.97 Å². The molecular formula is C23H29ClN10O. The van der Waals surface area contributed by atoms with Crippen molar-refractivity contribution in [3.05, 3.63) is 52.6 Å². The Balaban J connectivity index is 1.64. The van der Waals surface area contributed by atoms with E-state index in [0.29, 0.717) is 36.5 Å². The van der Waals surface area contributed by atoms with Gasteiger partial charge in [-0.1, -0.05) is 48.9 Å². The van der Waals surface area contributed by atoms with Crippen molar-refractivity contribution in [3.8, 4) is 0 Å². The lowest BCUT2D eigenvalue weighted by Gasteiger charge is -2.32. The highest BCUT2D eigenvalue weighted by atomic mass is 35.5. The second-order valence-corrected chi connectivity index (χ2v) is 8.48. The normalized spacial score (nSPS) is 14.0. The van der Waals surface area contributed by atoms with Gasteiger partial charge >= 0.3 is 0 Å². The molecule has 35 heavy (non-hydrogen) atoms. The Kier molecular flexibility index (Phi) is 7.88. The maximum atomic E-state index is 12.5. The van der Waals surface area contributed by atoms with Crippen LogP contribution in [0.2, 0.25) is 5.15 Å². The van der Waals surface area contributed by atoms with Gasteiger partial charge in [-0.05, 0) is 12.6 Å². The molecule has 1 aliphatic rings. The summed E-state index contributed by atoms with van der Waals surface area (Å²) >= 11 is 6.36. The van der Waals surface area contributed by atoms with E-state index in [0.717, 1.165) is 31.7 Å². The first kappa shape index (κ1) is 24.6. The summed E-state index contributed by atoms with van der Waals surface area (Å²) in [5, 5.41) is 8.94. The average Bonchev–Trinajstić information content (AvgIpc) is 2.89. The number of hydrogen-bond donors (Lipinski definition) is 3. The van der Waals surface area contributed by atoms with Gasteiger partial charge in [0.15, 0.2) is 22.5 Å². The number of amides is 1. The Labute approximate surface area is 209 Å². The molecule has 3 aromatic rings. The maximum Gasteiger partial charge on any atom is 0.273 e. The minimum atomic E-state index is -0.430. The second-order valence-electron chi connectivity index (χ2n) is 8.12. The average molecular weight is 497 g/mol. The molecule has 0 unspecified atom stereocenters. The summed E-state index contributed by atoms with van der Waals surface area (Å²) in [5.41, 5.74) is 1.10. The molecule has 0 bridgehead atoms. The van der Waals surface area contributed by atoms with E-state index in [2.05, 4.69) is 57.7 Å². The van der Waals surface area contributed by atoms with Crippen LogP contribution < -0.4 is 20.9 Å². The molecule has 3 N–H and O–H groups in total. The molecule has 0 spiro atoms. The van der Waals surface area contributed by atoms with Crippen LogP contribution in [0, 0.1) is 0 Å². The molecule has 11 nitrogen and oxygen atoms in total. The van der Waals surface area contributed by atoms with Gasteiger partial charge in [0.05, 0.1) is 0 Å². The molecule has 12 heteroatoms. The van der Waals surface area contributed by atoms with Gasteiger partial charge in [-0.2, -0.15) is 15.0 Å². The molecule has 0 radical (unpaired) electrons. The van der Waals surface area contributed by atoms with Crippen LogP contribution in [0.4, 0.5) is 23.5 Å². The third-order valence-electron chi connectivity index (χ3n) is 5.60. The molecule has 2 aromatic heterocycles. The van der Waals surface area contributed by atoms with Crippen molar-refractivity contribution in [2.75, 3.05) is 55.8 Å². The fraction of sp³-hybridized carbons (Fsp3) is 0.391. The Hall–Kier alpha value is -3.57. The highest BCUT2D eigenvalue weighted by Crippen LogP contribution is 2.25. The Bertz CT molecular complexity index is 1170. The molecule has 1 amide bonds. The highest BCUT2D eigenvalue weighted by Gasteiger charge is 2.22. The summed E-state index contributed by atoms with van der Waals surface area (Å²) in [7, 11) is 3.62. The van der Waals surface area contributed by atoms with Crippen LogP contribution in [0.1, 0.15) is 28.8 Å². The van der Waals surface area contributed by atoms with Gasteiger partial charge in [0.25, 0.3) is 5.91 Å². The van der Waals surface area contributed by atoms with Crippen molar-refractivity contribution in [2.24, 2.45) is 0 Å². The number of piperazine rings is 1. The molecule has 3 heterocycles. The number of anilines is 4. The monoisotopic (exact) mass is 496 g/mol. The van der Waals surface area contributed by atoms with E-state index in [1.807, 2.05) is 37.3 Å². The first-order chi connectivity index (χ1) is 17.0. The first-order valence-electron chi connectivity index (χ1n) is 11.5. The first-order valence-corrected chi connectivity index (χ1v) is 11.9. The molecule has 1 aliphatic heterocycles. The lowest BCUT2D eigenvalue weighted by molar-refractivity contribution is 0.0959. The SMILES string of the molecule is CCc1nc(Nc2nc(NCc3ccccc3)c(Cl)nc2C(=O)NC)nc(N2CCN(C)CC2)n1. The topological polar surface area (TPSA) is 124 Å². The summed E-state index contributed by atoms with van der Waals surface area (Å²) in [6.07, 6.45) is 0.635. The number of aromatic nitrogens is 5. The molecule has 4 rings (SSSR count). The van der Waals surface area contributed by atoms with Crippen molar-refractivity contribution in [2.45, 2.75) is 19.9 Å². The van der Waals surface area contributed by atoms with Crippen LogP contribution in [-0.2, 0) is 13.0 Å². The van der Waals surface area contributed by atoms with Crippen LogP contribution in [0.25, 0.3) is 0 Å². The van der Waals surface area contributed by atoms with Crippen molar-refractivity contribution >= 4 is 41.0 Å². The quantitative estimate of drug-likeness (QED) is 0.428. The number of nitrogens with zero attached hydrogens (tertiary/aromatic N) is 7. The van der Waals surface area contributed by atoms with Crippen molar-refractivity contribution in [3.63, 3.8) is 0 Å². The smallest absolute Gasteiger partial charge is 0.273 e. The Morgan fingerprint density at radius 1 is 1.00 bits per heavy atom. The predicted molar refractivity (Wildman–Crippen MR) is 136 cm³/mol. The number of aryl methyl sites for hydroxylation is 1. The minimum Gasteiger partial charge on any atom is -0.363 e. The number of hydrogen-bond acceptors (Lipinski definition) is 10. The van der Waals surface area contributed by atoms with Gasteiger partial charge in [0.1, 0.15) is 5.82 Å². The van der Waals surface area contributed by atoms with E-state index in [9.17, 15) is 4.79 Å². The van der Waals surface area contributed by atoms with Gasteiger partial charge in [0, 0.05) is 46.2 Å². The van der Waals surface area contributed by atoms with Crippen LogP contribution in [0.3, 0.4) is 0 Å². The van der Waals surface area contributed by atoms with Gasteiger partial charge in [-0.15, -0.1) is 0 Å². The van der Waals surface area contributed by atoms with Crippen LogP contribution in [0.15, 0.2) is 30.3 Å². The van der Waals surface area contributed by atoms with E-state index >= 15 is 0 Å². The zero-order valence-corrected chi connectivity index (χ0v) is 20.8. The third kappa shape index (κ3) is 6.11. The standard InChI is InChI=1S/C23H29ClN10O/c1-4-16-27-22(32-23(28-16)34-12-10-33(3)11-13-34)31-19-17(21(35)25-2)29-18(24)20(30-19)26-14-15-8-6-5-7-9-15/h5-9H,4,10-14H2,1-3H3,(H,25,35)(H2,26,27,28,30,31,32). The van der Waals surface area contributed by atoms with Gasteiger partial charge in [-0.3, -0.25) is 4.79 Å². The Morgan fingerprint density at radius 3 is 2.43 bits per heavy atom. The van der Waals surface area contributed by atoms with E-state index in [4.69, 9.17) is 11.6 Å². The molecular weight excluding hydrogens is 468 g/mol. The molecule has 0 atom stereocenters. The maximum absolute atomic E-state index is 12.5. The fourth-order valence-electron chi connectivity index (χ4n) is 3.55. The number of carbonyl (C=O) groups is 1. The summed E-state index contributed by atoms with van der Waals surface area (Å²) in [6.45, 7) is 5.97. The molecule has 1 fully saturated rings. The van der Waals surface area contributed by atoms with E-state index in [1.165, 1.54) is 7.05 Å². The van der Waals surface area contributed by atoms with Crippen LogP contribution >= 0.6 is 11.6 Å². The number of benzene rings is 1. The number of likely N-dealkylation sites (N-methyl/N-ethyl adjacent to an activating group) is 1. The lowest BCUT2D eigenvalue weighted by atomic mass is 10.2. The van der Waals surface area contributed by atoms with E-state index in [1.54, 1.807) is 0 Å². The number of rotatable bonds is 8.